The van der Waals surface area contributed by atoms with Gasteiger partial charge in [0.1, 0.15) is 29.1 Å². The highest BCUT2D eigenvalue weighted by Crippen LogP contribution is 2.48. The number of carbonyl (C=O) groups is 1. The smallest absolute Gasteiger partial charge is 0.323 e. The number of nitrogen functional groups attached to an aromatic ring is 1. The predicted molar refractivity (Wildman–Crippen MR) is 156 cm³/mol. The first kappa shape index (κ1) is 32.0. The molecule has 42 heavy (non-hydrogen) atoms. The van der Waals surface area contributed by atoms with E-state index in [0.29, 0.717) is 12.4 Å². The van der Waals surface area contributed by atoms with Gasteiger partial charge in [-0.2, -0.15) is 9.97 Å². The van der Waals surface area contributed by atoms with E-state index in [4.69, 9.17) is 40.8 Å². The Bertz CT molecular complexity index is 1450. The summed E-state index contributed by atoms with van der Waals surface area (Å²) in [7, 11) is 0. The van der Waals surface area contributed by atoms with Crippen molar-refractivity contribution < 1.29 is 37.5 Å². The van der Waals surface area contributed by atoms with Crippen LogP contribution in [0.2, 0.25) is 0 Å². The summed E-state index contributed by atoms with van der Waals surface area (Å²) in [6.45, 7) is 6.25. The number of carbonyl (C=O) groups excluding carboxylic acids is 1. The average molecular weight is 627 g/mol. The molecule has 3 heterocycles. The Hall–Kier alpha value is -2.94. The summed E-state index contributed by atoms with van der Waals surface area (Å²) in [6.07, 6.45) is -3.14. The van der Waals surface area contributed by atoms with Crippen LogP contribution in [-0.2, 0) is 30.6 Å². The summed E-state index contributed by atoms with van der Waals surface area (Å²) in [5, 5.41) is 14.1. The van der Waals surface area contributed by atoms with Gasteiger partial charge in [-0.3, -0.25) is 9.36 Å². The number of aliphatic hydroxyl groups is 1. The van der Waals surface area contributed by atoms with Crippen molar-refractivity contribution >= 4 is 41.5 Å². The second-order valence-corrected chi connectivity index (χ2v) is 14.0. The Morgan fingerprint density at radius 2 is 2.02 bits per heavy atom. The number of hydrogen-bond donors (Lipinski definition) is 3. The minimum Gasteiger partial charge on any atom is -0.476 e. The number of halogens is 1. The van der Waals surface area contributed by atoms with Gasteiger partial charge >= 0.3 is 12.6 Å². The molecule has 0 radical (unpaired) electrons. The molecule has 2 unspecified atom stereocenters. The van der Waals surface area contributed by atoms with Crippen LogP contribution in [0.4, 0.5) is 10.3 Å². The molecule has 13 nitrogen and oxygen atoms in total. The predicted octanol–water partition coefficient (Wildman–Crippen LogP) is 3.43. The third kappa shape index (κ3) is 7.16. The Labute approximate surface area is 248 Å². The van der Waals surface area contributed by atoms with Gasteiger partial charge in [0.2, 0.25) is 11.8 Å². The first-order valence-corrected chi connectivity index (χ1v) is 15.9. The molecule has 0 aliphatic carbocycles. The van der Waals surface area contributed by atoms with Crippen molar-refractivity contribution in [2.75, 3.05) is 18.9 Å². The van der Waals surface area contributed by atoms with Gasteiger partial charge in [0, 0.05) is 0 Å². The molecule has 0 bridgehead atoms. The lowest BCUT2D eigenvalue weighted by molar-refractivity contribution is -0.156. The fourth-order valence-electron chi connectivity index (χ4n) is 4.23. The largest absolute Gasteiger partial charge is 0.476 e. The van der Waals surface area contributed by atoms with Crippen molar-refractivity contribution in [1.29, 1.82) is 0 Å². The number of fused-ring (bicyclic) bond motifs is 1. The number of nitrogens with two attached hydrogens (primary N) is 1. The molecule has 0 saturated carbocycles. The standard InChI is InChI=1S/C26H36FN6O7PS/c1-7-36-21-18-20(30-24(28)31-21)33(14-29-18)23-26(6,35)19(27)17(38-23)13-37-41(42,40-16-11-9-8-10-12-16)32-15(2)22(34)39-25(3,4)5/h8-12,14-15,17,19,23,35H,7,13H2,1-6H3,(H,32,42)(H2,28,30,31)/t15?,17-,19-,23-,26-,41?/m1/s1. The van der Waals surface area contributed by atoms with Crippen LogP contribution < -0.4 is 20.1 Å². The van der Waals surface area contributed by atoms with Gasteiger partial charge in [0.05, 0.1) is 19.5 Å². The normalized spacial score (nSPS) is 24.7. The second kappa shape index (κ2) is 12.3. The molecule has 4 rings (SSSR count). The fraction of sp³-hybridized carbons (Fsp3) is 0.538. The Kier molecular flexibility index (Phi) is 9.40. The topological polar surface area (TPSA) is 165 Å². The molecular formula is C26H36FN6O7PS. The van der Waals surface area contributed by atoms with Gasteiger partial charge in [-0.25, -0.2) is 14.5 Å². The first-order valence-electron chi connectivity index (χ1n) is 13.3. The van der Waals surface area contributed by atoms with Crippen LogP contribution in [0.5, 0.6) is 11.6 Å². The van der Waals surface area contributed by atoms with Crippen LogP contribution in [-0.4, -0.2) is 73.3 Å². The molecule has 1 fully saturated rings. The van der Waals surface area contributed by atoms with Gasteiger partial charge in [-0.15, -0.1) is 0 Å². The number of benzene rings is 1. The molecule has 0 amide bonds. The van der Waals surface area contributed by atoms with Crippen LogP contribution in [0, 0.1) is 0 Å². The molecule has 2 aromatic heterocycles. The highest BCUT2D eigenvalue weighted by molar-refractivity contribution is 8.09. The molecular weight excluding hydrogens is 590 g/mol. The molecule has 1 aliphatic rings. The quantitative estimate of drug-likeness (QED) is 0.210. The lowest BCUT2D eigenvalue weighted by Gasteiger charge is -2.29. The lowest BCUT2D eigenvalue weighted by atomic mass is 9.98. The van der Waals surface area contributed by atoms with Gasteiger partial charge in [-0.1, -0.05) is 18.2 Å². The zero-order valence-corrected chi connectivity index (χ0v) is 25.9. The van der Waals surface area contributed by atoms with E-state index in [1.807, 2.05) is 0 Å². The van der Waals surface area contributed by atoms with Crippen molar-refractivity contribution in [2.45, 2.75) is 77.3 Å². The molecule has 0 spiro atoms. The number of para-hydroxylation sites is 1. The minimum absolute atomic E-state index is 0.0917. The van der Waals surface area contributed by atoms with E-state index < -0.39 is 55.0 Å². The van der Waals surface area contributed by atoms with Crippen LogP contribution >= 0.6 is 6.64 Å². The van der Waals surface area contributed by atoms with E-state index in [9.17, 15) is 9.90 Å². The summed E-state index contributed by atoms with van der Waals surface area (Å²) in [6, 6.07) is 7.71. The number of ether oxygens (including phenoxy) is 3. The number of nitrogens with zero attached hydrogens (tertiary/aromatic N) is 4. The van der Waals surface area contributed by atoms with Gasteiger partial charge in [0.25, 0.3) is 0 Å². The molecule has 1 aliphatic heterocycles. The van der Waals surface area contributed by atoms with Crippen molar-refractivity contribution in [2.24, 2.45) is 0 Å². The number of nitrogens with one attached hydrogen (secondary N) is 1. The number of aromatic nitrogens is 4. The number of anilines is 1. The second-order valence-electron chi connectivity index (χ2n) is 10.9. The zero-order chi connectivity index (χ0) is 30.9. The summed E-state index contributed by atoms with van der Waals surface area (Å²) in [5.41, 5.74) is 3.55. The molecule has 1 aromatic carbocycles. The number of imidazole rings is 1. The molecule has 4 N–H and O–H groups in total. The van der Waals surface area contributed by atoms with Crippen LogP contribution in [0.1, 0.15) is 47.8 Å². The SMILES string of the molecule is CCOc1nc(N)nc2c1ncn2[C@@H]1O[C@H](COP(=S)(NC(C)C(=O)OC(C)(C)C)Oc2ccccc2)[C@@H](F)[C@@]1(C)O. The summed E-state index contributed by atoms with van der Waals surface area (Å²) in [5.74, 6) is -0.130. The van der Waals surface area contributed by atoms with E-state index >= 15 is 4.39 Å². The summed E-state index contributed by atoms with van der Waals surface area (Å²) in [4.78, 5) is 25.2. The van der Waals surface area contributed by atoms with E-state index in [2.05, 4.69) is 20.0 Å². The van der Waals surface area contributed by atoms with Gasteiger partial charge in [-0.05, 0) is 65.5 Å². The number of hydrogen-bond acceptors (Lipinski definition) is 12. The maximum atomic E-state index is 15.7. The van der Waals surface area contributed by atoms with Crippen molar-refractivity contribution in [3.8, 4) is 11.6 Å². The maximum Gasteiger partial charge on any atom is 0.323 e. The summed E-state index contributed by atoms with van der Waals surface area (Å²) < 4.78 is 46.0. The van der Waals surface area contributed by atoms with Crippen molar-refractivity contribution in [3.63, 3.8) is 0 Å². The maximum absolute atomic E-state index is 15.7. The lowest BCUT2D eigenvalue weighted by Crippen LogP contribution is -2.42. The van der Waals surface area contributed by atoms with Crippen LogP contribution in [0.25, 0.3) is 11.2 Å². The number of esters is 1. The molecule has 16 heteroatoms. The highest BCUT2D eigenvalue weighted by atomic mass is 32.5. The van der Waals surface area contributed by atoms with Crippen LogP contribution in [0.15, 0.2) is 36.7 Å². The Balaban J connectivity index is 1.56. The zero-order valence-electron chi connectivity index (χ0n) is 24.2. The van der Waals surface area contributed by atoms with Gasteiger partial charge in [0.15, 0.2) is 23.6 Å². The average Bonchev–Trinajstić information content (AvgIpc) is 3.40. The fourth-order valence-corrected chi connectivity index (χ4v) is 6.65. The van der Waals surface area contributed by atoms with Gasteiger partial charge < -0.3 is 34.1 Å². The van der Waals surface area contributed by atoms with E-state index in [-0.39, 0.29) is 23.0 Å². The highest BCUT2D eigenvalue weighted by Gasteiger charge is 2.55. The van der Waals surface area contributed by atoms with Crippen molar-refractivity contribution in [1.82, 2.24) is 24.6 Å². The Morgan fingerprint density at radius 3 is 2.67 bits per heavy atom. The van der Waals surface area contributed by atoms with Crippen molar-refractivity contribution in [3.05, 3.63) is 36.7 Å². The minimum atomic E-state index is -3.50. The summed E-state index contributed by atoms with van der Waals surface area (Å²) >= 11 is 5.72. The van der Waals surface area contributed by atoms with E-state index in [1.54, 1.807) is 65.0 Å². The third-order valence-electron chi connectivity index (χ3n) is 6.12. The molecule has 230 valence electrons. The number of alkyl halides is 1. The molecule has 6 atom stereocenters. The third-order valence-corrected chi connectivity index (χ3v) is 8.62. The van der Waals surface area contributed by atoms with E-state index in [0.717, 1.165) is 0 Å². The monoisotopic (exact) mass is 626 g/mol. The van der Waals surface area contributed by atoms with E-state index in [1.165, 1.54) is 17.8 Å². The Morgan fingerprint density at radius 1 is 1.33 bits per heavy atom. The number of rotatable bonds is 11. The van der Waals surface area contributed by atoms with Crippen LogP contribution in [0.3, 0.4) is 0 Å². The first-order chi connectivity index (χ1) is 19.6. The molecule has 3 aromatic rings. The molecule has 1 saturated heterocycles.